The largest absolute Gasteiger partial charge is 0.497 e. The summed E-state index contributed by atoms with van der Waals surface area (Å²) in [6.07, 6.45) is -0.471. The lowest BCUT2D eigenvalue weighted by atomic mass is 9.79. The van der Waals surface area contributed by atoms with E-state index in [-0.39, 0.29) is 29.3 Å². The van der Waals surface area contributed by atoms with E-state index in [9.17, 15) is 14.7 Å². The average molecular weight is 431 g/mol. The molecule has 2 unspecified atom stereocenters. The zero-order valence-corrected chi connectivity index (χ0v) is 17.9. The van der Waals surface area contributed by atoms with Crippen molar-refractivity contribution in [3.63, 3.8) is 0 Å². The number of anilines is 1. The molecule has 3 N–H and O–H groups in total. The van der Waals surface area contributed by atoms with Crippen LogP contribution in [0.1, 0.15) is 17.5 Å². The van der Waals surface area contributed by atoms with Gasteiger partial charge in [-0.05, 0) is 30.3 Å². The lowest BCUT2D eigenvalue weighted by Gasteiger charge is -2.48. The predicted octanol–water partition coefficient (Wildman–Crippen LogP) is 1.87. The first-order chi connectivity index (χ1) is 14.3. The van der Waals surface area contributed by atoms with Crippen LogP contribution in [0.5, 0.6) is 5.75 Å². The molecular formula is C22H25ClN3O4+. The van der Waals surface area contributed by atoms with Gasteiger partial charge in [-0.3, -0.25) is 14.1 Å². The maximum atomic E-state index is 13.8. The Morgan fingerprint density at radius 3 is 2.80 bits per heavy atom. The number of ether oxygens (including phenoxy) is 1. The van der Waals surface area contributed by atoms with Crippen molar-refractivity contribution in [3.8, 4) is 5.75 Å². The van der Waals surface area contributed by atoms with Gasteiger partial charge >= 0.3 is 0 Å². The second kappa shape index (κ2) is 7.27. The maximum absolute atomic E-state index is 13.8. The van der Waals surface area contributed by atoms with Crippen LogP contribution in [0.4, 0.5) is 5.69 Å². The number of hydrogen-bond acceptors (Lipinski definition) is 4. The number of halogens is 1. The molecule has 0 aliphatic carbocycles. The minimum absolute atomic E-state index is 0.0137. The van der Waals surface area contributed by atoms with Crippen LogP contribution in [0.25, 0.3) is 0 Å². The molecule has 1 fully saturated rings. The SMILES string of the molecule is CNC(=O)[C@@H]1C[C@@H](O)C[N+]1(C)C1(c2cccc(OC)c2)C(=O)Nc2ccc(Cl)cc21. The normalized spacial score (nSPS) is 30.0. The van der Waals surface area contributed by atoms with Crippen LogP contribution in [-0.4, -0.2) is 61.3 Å². The topological polar surface area (TPSA) is 87.7 Å². The number of carbonyl (C=O) groups is 2. The van der Waals surface area contributed by atoms with E-state index in [1.54, 1.807) is 38.4 Å². The Labute approximate surface area is 180 Å². The summed E-state index contributed by atoms with van der Waals surface area (Å²) in [7, 11) is 4.98. The number of nitrogens with one attached hydrogen (secondary N) is 2. The van der Waals surface area contributed by atoms with Gasteiger partial charge in [0.1, 0.15) is 18.4 Å². The number of quaternary nitrogens is 1. The number of fused-ring (bicyclic) bond motifs is 1. The third kappa shape index (κ3) is 2.73. The molecule has 0 spiro atoms. The first-order valence-corrected chi connectivity index (χ1v) is 10.2. The Kier molecular flexibility index (Phi) is 5.00. The second-order valence-electron chi connectivity index (χ2n) is 8.06. The van der Waals surface area contributed by atoms with E-state index in [2.05, 4.69) is 10.6 Å². The quantitative estimate of drug-likeness (QED) is 0.646. The molecule has 7 nitrogen and oxygen atoms in total. The summed E-state index contributed by atoms with van der Waals surface area (Å²) in [5.74, 6) is 0.108. The Morgan fingerprint density at radius 2 is 2.10 bits per heavy atom. The van der Waals surface area contributed by atoms with Gasteiger partial charge < -0.3 is 20.5 Å². The van der Waals surface area contributed by atoms with E-state index < -0.39 is 17.7 Å². The van der Waals surface area contributed by atoms with Crippen molar-refractivity contribution in [2.75, 3.05) is 33.1 Å². The van der Waals surface area contributed by atoms with E-state index in [1.807, 2.05) is 25.2 Å². The summed E-state index contributed by atoms with van der Waals surface area (Å²) >= 11 is 6.35. The number of benzene rings is 2. The van der Waals surface area contributed by atoms with Crippen LogP contribution in [0.3, 0.4) is 0 Å². The summed E-state index contributed by atoms with van der Waals surface area (Å²) in [6, 6.07) is 11.9. The summed E-state index contributed by atoms with van der Waals surface area (Å²) in [5, 5.41) is 16.8. The summed E-state index contributed by atoms with van der Waals surface area (Å²) in [5.41, 5.74) is 0.705. The number of rotatable bonds is 4. The van der Waals surface area contributed by atoms with Gasteiger partial charge in [0.15, 0.2) is 6.04 Å². The number of likely N-dealkylation sites (N-methyl/N-ethyl adjacent to an activating group) is 2. The standard InChI is InChI=1S/C22H24ClN3O4/c1-24-20(28)19-11-15(27)12-26(19,2)22(13-5-4-6-16(9-13)30-3)17-10-14(23)7-8-18(17)25-21(22)29/h4-10,15,19,27H,11-12H2,1-3H3,(H-,24,25,28,29)/p+1/t15-,19+,22?,26?/m1/s1. The summed E-state index contributed by atoms with van der Waals surface area (Å²) in [6.45, 7) is 0.231. The molecule has 0 radical (unpaired) electrons. The molecule has 2 aromatic rings. The first kappa shape index (κ1) is 20.7. The zero-order chi connectivity index (χ0) is 21.7. The number of amides is 2. The van der Waals surface area contributed by atoms with Gasteiger partial charge in [-0.2, -0.15) is 0 Å². The molecule has 30 heavy (non-hydrogen) atoms. The lowest BCUT2D eigenvalue weighted by molar-refractivity contribution is -0.953. The van der Waals surface area contributed by atoms with Crippen molar-refractivity contribution in [2.24, 2.45) is 0 Å². The average Bonchev–Trinajstić information content (AvgIpc) is 3.20. The highest BCUT2D eigenvalue weighted by atomic mass is 35.5. The number of aliphatic hydroxyl groups is 1. The highest BCUT2D eigenvalue weighted by Crippen LogP contribution is 2.53. The maximum Gasteiger partial charge on any atom is 0.295 e. The molecule has 4 rings (SSSR count). The highest BCUT2D eigenvalue weighted by Gasteiger charge is 2.68. The fourth-order valence-electron chi connectivity index (χ4n) is 5.23. The fraction of sp³-hybridized carbons (Fsp3) is 0.364. The van der Waals surface area contributed by atoms with E-state index in [0.29, 0.717) is 27.6 Å². The molecule has 8 heteroatoms. The molecule has 0 aromatic heterocycles. The third-order valence-corrected chi connectivity index (χ3v) is 6.76. The van der Waals surface area contributed by atoms with E-state index in [4.69, 9.17) is 16.3 Å². The van der Waals surface area contributed by atoms with Crippen molar-refractivity contribution in [1.29, 1.82) is 0 Å². The van der Waals surface area contributed by atoms with Gasteiger partial charge in [0.2, 0.25) is 5.54 Å². The van der Waals surface area contributed by atoms with Gasteiger partial charge in [-0.25, -0.2) is 0 Å². The van der Waals surface area contributed by atoms with Crippen molar-refractivity contribution in [1.82, 2.24) is 5.32 Å². The number of methoxy groups -OCH3 is 1. The van der Waals surface area contributed by atoms with Crippen LogP contribution in [0.2, 0.25) is 5.02 Å². The molecule has 2 heterocycles. The van der Waals surface area contributed by atoms with Crippen molar-refractivity contribution < 1.29 is 23.9 Å². The Morgan fingerprint density at radius 1 is 1.33 bits per heavy atom. The molecule has 2 aliphatic heterocycles. The number of likely N-dealkylation sites (tertiary alicyclic amines) is 1. The van der Waals surface area contributed by atoms with Crippen molar-refractivity contribution in [2.45, 2.75) is 24.1 Å². The van der Waals surface area contributed by atoms with Crippen LogP contribution in [-0.2, 0) is 15.1 Å². The summed E-state index contributed by atoms with van der Waals surface area (Å²) < 4.78 is 5.41. The van der Waals surface area contributed by atoms with Gasteiger partial charge in [0.25, 0.3) is 11.8 Å². The first-order valence-electron chi connectivity index (χ1n) is 9.79. The van der Waals surface area contributed by atoms with E-state index >= 15 is 0 Å². The van der Waals surface area contributed by atoms with Crippen LogP contribution >= 0.6 is 11.6 Å². The molecule has 0 saturated carbocycles. The van der Waals surface area contributed by atoms with Gasteiger partial charge in [-0.1, -0.05) is 23.7 Å². The molecule has 1 saturated heterocycles. The smallest absolute Gasteiger partial charge is 0.295 e. The van der Waals surface area contributed by atoms with E-state index in [1.165, 1.54) is 0 Å². The van der Waals surface area contributed by atoms with Crippen molar-refractivity contribution >= 4 is 29.1 Å². The monoisotopic (exact) mass is 430 g/mol. The van der Waals surface area contributed by atoms with Crippen LogP contribution in [0, 0.1) is 0 Å². The minimum atomic E-state index is -1.29. The lowest BCUT2D eigenvalue weighted by Crippen LogP contribution is -2.68. The van der Waals surface area contributed by atoms with Gasteiger partial charge in [0.05, 0.1) is 25.4 Å². The Balaban J connectivity index is 2.07. The molecule has 2 amide bonds. The van der Waals surface area contributed by atoms with Crippen LogP contribution < -0.4 is 15.4 Å². The highest BCUT2D eigenvalue weighted by molar-refractivity contribution is 6.31. The molecule has 2 aromatic carbocycles. The van der Waals surface area contributed by atoms with E-state index in [0.717, 1.165) is 0 Å². The molecule has 158 valence electrons. The molecular weight excluding hydrogens is 406 g/mol. The van der Waals surface area contributed by atoms with Gasteiger partial charge in [0, 0.05) is 24.1 Å². The number of aliphatic hydroxyl groups excluding tert-OH is 1. The number of hydrogen-bond donors (Lipinski definition) is 3. The zero-order valence-electron chi connectivity index (χ0n) is 17.1. The fourth-order valence-corrected chi connectivity index (χ4v) is 5.40. The predicted molar refractivity (Wildman–Crippen MR) is 113 cm³/mol. The summed E-state index contributed by atoms with van der Waals surface area (Å²) in [4.78, 5) is 26.7. The molecule has 4 atom stereocenters. The Hall–Kier alpha value is -2.61. The molecule has 2 aliphatic rings. The van der Waals surface area contributed by atoms with Gasteiger partial charge in [-0.15, -0.1) is 0 Å². The Bertz CT molecular complexity index is 1030. The number of nitrogens with zero attached hydrogens (tertiary/aromatic N) is 1. The number of carbonyl (C=O) groups excluding carboxylic acids is 2. The second-order valence-corrected chi connectivity index (χ2v) is 8.49. The molecule has 0 bridgehead atoms. The minimum Gasteiger partial charge on any atom is -0.497 e. The van der Waals surface area contributed by atoms with Crippen molar-refractivity contribution in [3.05, 3.63) is 58.6 Å². The van der Waals surface area contributed by atoms with Crippen LogP contribution in [0.15, 0.2) is 42.5 Å². The third-order valence-electron chi connectivity index (χ3n) is 6.52.